The third-order valence-corrected chi connectivity index (χ3v) is 9.39. The number of ketones is 1. The Bertz CT molecular complexity index is 841. The van der Waals surface area contributed by atoms with Crippen LogP contribution >= 0.6 is 0 Å². The molecule has 1 aliphatic rings. The van der Waals surface area contributed by atoms with E-state index in [1.165, 1.54) is 51.4 Å². The Hall–Kier alpha value is -1.77. The molecule has 0 unspecified atom stereocenters. The molecule has 1 aliphatic carbocycles. The number of esters is 2. The normalized spacial score (nSPS) is 19.5. The van der Waals surface area contributed by atoms with Crippen LogP contribution < -0.4 is 0 Å². The first-order chi connectivity index (χ1) is 22.7. The summed E-state index contributed by atoms with van der Waals surface area (Å²) in [5, 5.41) is 30.2. The smallest absolute Gasteiger partial charge is 0.306 e. The molecule has 0 aromatic heterocycles. The van der Waals surface area contributed by atoms with Gasteiger partial charge < -0.3 is 24.8 Å². The summed E-state index contributed by atoms with van der Waals surface area (Å²) in [6.07, 6.45) is 23.2. The molecule has 0 bridgehead atoms. The standard InChI is InChI=1S/C39H70O8/c1-4-5-16-22-32(41)26-27-35-34(36(42)28-37(35)43)23-18-14-15-19-24-38(44)46-30-33(29-40)47-39(45)25-20-13-11-9-7-6-8-10-12-17-21-31(2)3/h26-27,31-36,40-42H,4-25,28-30H2,1-3H3/b27-26+/t32-,33-,34+,35+,36-/m0/s1. The Morgan fingerprint density at radius 1 is 0.809 bits per heavy atom. The molecular weight excluding hydrogens is 596 g/mol. The Morgan fingerprint density at radius 3 is 1.96 bits per heavy atom. The molecule has 0 radical (unpaired) electrons. The van der Waals surface area contributed by atoms with Crippen molar-refractivity contribution in [3.63, 3.8) is 0 Å². The van der Waals surface area contributed by atoms with Gasteiger partial charge in [-0.15, -0.1) is 0 Å². The number of aliphatic hydroxyl groups is 3. The van der Waals surface area contributed by atoms with Crippen molar-refractivity contribution in [2.45, 2.75) is 187 Å². The van der Waals surface area contributed by atoms with Crippen LogP contribution in [-0.4, -0.2) is 64.6 Å². The molecular formula is C39H70O8. The highest BCUT2D eigenvalue weighted by molar-refractivity contribution is 5.86. The molecule has 5 atom stereocenters. The molecule has 0 aromatic rings. The lowest BCUT2D eigenvalue weighted by atomic mass is 9.88. The van der Waals surface area contributed by atoms with Crippen molar-refractivity contribution in [2.24, 2.45) is 17.8 Å². The van der Waals surface area contributed by atoms with E-state index in [0.29, 0.717) is 19.3 Å². The van der Waals surface area contributed by atoms with Gasteiger partial charge in [0.25, 0.3) is 0 Å². The molecule has 1 saturated carbocycles. The summed E-state index contributed by atoms with van der Waals surface area (Å²) in [6, 6.07) is 0. The van der Waals surface area contributed by atoms with Crippen LogP contribution in [0.1, 0.15) is 168 Å². The molecule has 0 amide bonds. The third-order valence-electron chi connectivity index (χ3n) is 9.39. The van der Waals surface area contributed by atoms with E-state index >= 15 is 0 Å². The lowest BCUT2D eigenvalue weighted by Gasteiger charge is -2.19. The fourth-order valence-corrected chi connectivity index (χ4v) is 6.41. The predicted octanol–water partition coefficient (Wildman–Crippen LogP) is 8.18. The fraction of sp³-hybridized carbons (Fsp3) is 0.872. The third kappa shape index (κ3) is 22.5. The van der Waals surface area contributed by atoms with E-state index in [0.717, 1.165) is 70.1 Å². The molecule has 0 spiro atoms. The summed E-state index contributed by atoms with van der Waals surface area (Å²) in [6.45, 7) is 6.15. The van der Waals surface area contributed by atoms with E-state index in [9.17, 15) is 29.7 Å². The number of hydrogen-bond acceptors (Lipinski definition) is 8. The number of unbranched alkanes of at least 4 members (excludes halogenated alkanes) is 14. The largest absolute Gasteiger partial charge is 0.462 e. The number of carbonyl (C=O) groups is 3. The molecule has 0 saturated heterocycles. The Kier molecular flexibility index (Phi) is 25.9. The van der Waals surface area contributed by atoms with E-state index < -0.39 is 18.3 Å². The molecule has 8 heteroatoms. The van der Waals surface area contributed by atoms with Crippen LogP contribution in [0.5, 0.6) is 0 Å². The molecule has 0 aromatic carbocycles. The maximum atomic E-state index is 12.4. The zero-order valence-electron chi connectivity index (χ0n) is 30.2. The van der Waals surface area contributed by atoms with Crippen LogP contribution in [0.2, 0.25) is 0 Å². The minimum absolute atomic E-state index is 0.0354. The molecule has 3 N–H and O–H groups in total. The van der Waals surface area contributed by atoms with Crippen molar-refractivity contribution in [3.05, 3.63) is 12.2 Å². The SMILES string of the molecule is CCCCC[C@H](O)/C=C/[C@H]1C(=O)C[C@H](O)[C@@H]1CCCCCCC(=O)OC[C@H](CO)OC(=O)CCCCCCCCCCCCC(C)C. The highest BCUT2D eigenvalue weighted by Crippen LogP contribution is 2.34. The van der Waals surface area contributed by atoms with Gasteiger partial charge in [0, 0.05) is 25.2 Å². The predicted molar refractivity (Wildman–Crippen MR) is 188 cm³/mol. The summed E-state index contributed by atoms with van der Waals surface area (Å²) < 4.78 is 10.6. The monoisotopic (exact) mass is 667 g/mol. The highest BCUT2D eigenvalue weighted by atomic mass is 16.6. The Balaban J connectivity index is 2.10. The second kappa shape index (κ2) is 28.1. The first kappa shape index (κ1) is 43.3. The van der Waals surface area contributed by atoms with Crippen molar-refractivity contribution in [2.75, 3.05) is 13.2 Å². The minimum Gasteiger partial charge on any atom is -0.462 e. The number of aliphatic hydroxyl groups excluding tert-OH is 3. The summed E-state index contributed by atoms with van der Waals surface area (Å²) in [5.74, 6) is -0.376. The average Bonchev–Trinajstić information content (AvgIpc) is 3.31. The summed E-state index contributed by atoms with van der Waals surface area (Å²) >= 11 is 0. The second-order valence-electron chi connectivity index (χ2n) is 14.3. The number of rotatable bonds is 30. The first-order valence-electron chi connectivity index (χ1n) is 19.2. The first-order valence-corrected chi connectivity index (χ1v) is 19.2. The molecule has 274 valence electrons. The van der Waals surface area contributed by atoms with Crippen molar-refractivity contribution < 1.29 is 39.2 Å². The topological polar surface area (TPSA) is 130 Å². The number of Topliss-reactive ketones (excluding diaryl/α,β-unsaturated/α-hetero) is 1. The molecule has 0 aliphatic heterocycles. The van der Waals surface area contributed by atoms with Gasteiger partial charge in [-0.2, -0.15) is 0 Å². The van der Waals surface area contributed by atoms with Gasteiger partial charge in [-0.25, -0.2) is 0 Å². The average molecular weight is 667 g/mol. The van der Waals surface area contributed by atoms with Crippen LogP contribution in [0.4, 0.5) is 0 Å². The minimum atomic E-state index is -0.841. The van der Waals surface area contributed by atoms with Crippen LogP contribution in [0, 0.1) is 17.8 Å². The number of hydrogen-bond donors (Lipinski definition) is 3. The van der Waals surface area contributed by atoms with Crippen molar-refractivity contribution in [1.29, 1.82) is 0 Å². The van der Waals surface area contributed by atoms with Gasteiger partial charge in [-0.05, 0) is 37.5 Å². The van der Waals surface area contributed by atoms with Crippen molar-refractivity contribution in [1.82, 2.24) is 0 Å². The van der Waals surface area contributed by atoms with Gasteiger partial charge in [0.1, 0.15) is 12.4 Å². The molecule has 8 nitrogen and oxygen atoms in total. The highest BCUT2D eigenvalue weighted by Gasteiger charge is 2.39. The van der Waals surface area contributed by atoms with Crippen LogP contribution in [0.25, 0.3) is 0 Å². The second-order valence-corrected chi connectivity index (χ2v) is 14.3. The van der Waals surface area contributed by atoms with E-state index in [4.69, 9.17) is 9.47 Å². The number of allylic oxidation sites excluding steroid dienone is 1. The molecule has 1 fully saturated rings. The van der Waals surface area contributed by atoms with E-state index in [1.54, 1.807) is 12.2 Å². The lowest BCUT2D eigenvalue weighted by molar-refractivity contribution is -0.161. The summed E-state index contributed by atoms with van der Waals surface area (Å²) in [7, 11) is 0. The number of carbonyl (C=O) groups excluding carboxylic acids is 3. The fourth-order valence-electron chi connectivity index (χ4n) is 6.41. The van der Waals surface area contributed by atoms with E-state index in [2.05, 4.69) is 20.8 Å². The van der Waals surface area contributed by atoms with Crippen molar-refractivity contribution >= 4 is 17.7 Å². The Labute approximate surface area is 286 Å². The maximum Gasteiger partial charge on any atom is 0.306 e. The van der Waals surface area contributed by atoms with Crippen LogP contribution in [0.15, 0.2) is 12.2 Å². The Morgan fingerprint density at radius 2 is 1.36 bits per heavy atom. The zero-order valence-corrected chi connectivity index (χ0v) is 30.2. The molecule has 0 heterocycles. The van der Waals surface area contributed by atoms with Gasteiger partial charge in [0.05, 0.1) is 18.8 Å². The zero-order chi connectivity index (χ0) is 34.7. The lowest BCUT2D eigenvalue weighted by Crippen LogP contribution is -2.28. The van der Waals surface area contributed by atoms with E-state index in [1.807, 2.05) is 0 Å². The maximum absolute atomic E-state index is 12.4. The summed E-state index contributed by atoms with van der Waals surface area (Å²) in [5.41, 5.74) is 0. The van der Waals surface area contributed by atoms with E-state index in [-0.39, 0.29) is 55.6 Å². The number of ether oxygens (including phenoxy) is 2. The molecule has 47 heavy (non-hydrogen) atoms. The van der Waals surface area contributed by atoms with Crippen LogP contribution in [0.3, 0.4) is 0 Å². The molecule has 1 rings (SSSR count). The van der Waals surface area contributed by atoms with Gasteiger partial charge in [0.2, 0.25) is 0 Å². The summed E-state index contributed by atoms with van der Waals surface area (Å²) in [4.78, 5) is 36.8. The quantitative estimate of drug-likeness (QED) is 0.0398. The van der Waals surface area contributed by atoms with Gasteiger partial charge >= 0.3 is 11.9 Å². The van der Waals surface area contributed by atoms with Crippen LogP contribution in [-0.2, 0) is 23.9 Å². The van der Waals surface area contributed by atoms with Gasteiger partial charge in [-0.3, -0.25) is 14.4 Å². The van der Waals surface area contributed by atoms with Crippen molar-refractivity contribution in [3.8, 4) is 0 Å². The van der Waals surface area contributed by atoms with Gasteiger partial charge in [-0.1, -0.05) is 136 Å². The van der Waals surface area contributed by atoms with Gasteiger partial charge in [0.15, 0.2) is 6.10 Å².